The fourth-order valence-electron chi connectivity index (χ4n) is 3.68. The molecule has 3 aromatic rings. The van der Waals surface area contributed by atoms with Crippen LogP contribution in [0.3, 0.4) is 0 Å². The van der Waals surface area contributed by atoms with Gasteiger partial charge in [-0.15, -0.1) is 0 Å². The predicted molar refractivity (Wildman–Crippen MR) is 115 cm³/mol. The van der Waals surface area contributed by atoms with Crippen LogP contribution in [-0.2, 0) is 11.3 Å². The summed E-state index contributed by atoms with van der Waals surface area (Å²) in [5.41, 5.74) is 1.39. The first-order valence-electron chi connectivity index (χ1n) is 10.4. The van der Waals surface area contributed by atoms with Crippen LogP contribution in [0.15, 0.2) is 52.9 Å². The third kappa shape index (κ3) is 4.93. The van der Waals surface area contributed by atoms with Crippen LogP contribution in [-0.4, -0.2) is 34.7 Å². The number of aromatic nitrogens is 1. The van der Waals surface area contributed by atoms with E-state index in [1.165, 1.54) is 0 Å². The molecular formula is C24H28N2O4. The van der Waals surface area contributed by atoms with Crippen LogP contribution >= 0.6 is 0 Å². The normalized spacial score (nSPS) is 15.4. The number of hydrogen-bond acceptors (Lipinski definition) is 5. The van der Waals surface area contributed by atoms with Gasteiger partial charge in [0, 0.05) is 36.2 Å². The summed E-state index contributed by atoms with van der Waals surface area (Å²) in [6.07, 6.45) is 1.48. The third-order valence-electron chi connectivity index (χ3n) is 5.15. The Kier molecular flexibility index (Phi) is 5.66. The Balaban J connectivity index is 1.34. The topological polar surface area (TPSA) is 64.8 Å². The van der Waals surface area contributed by atoms with Crippen LogP contribution in [0.5, 0.6) is 5.88 Å². The molecule has 6 nitrogen and oxygen atoms in total. The van der Waals surface area contributed by atoms with Crippen molar-refractivity contribution >= 4 is 17.1 Å². The number of carbonyl (C=O) groups excluding carboxylic acids is 1. The van der Waals surface area contributed by atoms with Crippen molar-refractivity contribution in [3.63, 3.8) is 0 Å². The Morgan fingerprint density at radius 1 is 1.13 bits per heavy atom. The number of likely N-dealkylation sites (tertiary alicyclic amines) is 1. The molecule has 1 amide bonds. The number of amides is 1. The van der Waals surface area contributed by atoms with E-state index in [4.69, 9.17) is 18.9 Å². The molecule has 2 aromatic heterocycles. The highest BCUT2D eigenvalue weighted by Crippen LogP contribution is 2.29. The number of furan rings is 1. The van der Waals surface area contributed by atoms with Crippen LogP contribution < -0.4 is 4.74 Å². The number of ether oxygens (including phenoxy) is 2. The molecule has 1 aliphatic rings. The van der Waals surface area contributed by atoms with Crippen LogP contribution in [0.1, 0.15) is 51.0 Å². The van der Waals surface area contributed by atoms with E-state index in [9.17, 15) is 4.79 Å². The summed E-state index contributed by atoms with van der Waals surface area (Å²) in [6, 6.07) is 15.8. The van der Waals surface area contributed by atoms with Gasteiger partial charge < -0.3 is 18.8 Å². The second-order valence-electron chi connectivity index (χ2n) is 8.68. The first-order chi connectivity index (χ1) is 14.4. The Bertz CT molecular complexity index is 980. The van der Waals surface area contributed by atoms with E-state index in [1.807, 2.05) is 69.3 Å². The number of benzene rings is 1. The largest absolute Gasteiger partial charge is 0.469 e. The Morgan fingerprint density at radius 2 is 1.90 bits per heavy atom. The molecular weight excluding hydrogens is 380 g/mol. The average Bonchev–Trinajstić information content (AvgIpc) is 3.14. The highest BCUT2D eigenvalue weighted by Gasteiger charge is 2.28. The zero-order valence-electron chi connectivity index (χ0n) is 17.8. The van der Waals surface area contributed by atoms with Crippen molar-refractivity contribution in [1.82, 2.24) is 9.88 Å². The lowest BCUT2D eigenvalue weighted by molar-refractivity contribution is 0.0204. The van der Waals surface area contributed by atoms with Gasteiger partial charge in [0.2, 0.25) is 5.88 Å². The van der Waals surface area contributed by atoms with Crippen molar-refractivity contribution in [2.75, 3.05) is 13.1 Å². The van der Waals surface area contributed by atoms with E-state index < -0.39 is 5.60 Å². The summed E-state index contributed by atoms with van der Waals surface area (Å²) < 4.78 is 17.2. The van der Waals surface area contributed by atoms with E-state index >= 15 is 0 Å². The summed E-state index contributed by atoms with van der Waals surface area (Å²) in [6.45, 7) is 7.34. The van der Waals surface area contributed by atoms with Gasteiger partial charge in [-0.1, -0.05) is 24.3 Å². The molecule has 0 saturated carbocycles. The summed E-state index contributed by atoms with van der Waals surface area (Å²) in [5, 5.41) is 1.06. The van der Waals surface area contributed by atoms with Crippen molar-refractivity contribution in [3.8, 4) is 5.88 Å². The molecule has 158 valence electrons. The number of fused-ring (bicyclic) bond motifs is 1. The molecule has 1 aliphatic heterocycles. The minimum absolute atomic E-state index is 0.239. The van der Waals surface area contributed by atoms with Crippen LogP contribution in [0.25, 0.3) is 11.0 Å². The lowest BCUT2D eigenvalue weighted by atomic mass is 9.93. The zero-order chi connectivity index (χ0) is 21.1. The first kappa shape index (κ1) is 20.3. The van der Waals surface area contributed by atoms with Gasteiger partial charge in [0.1, 0.15) is 23.6 Å². The number of nitrogens with zero attached hydrogens (tertiary/aromatic N) is 2. The van der Waals surface area contributed by atoms with Crippen molar-refractivity contribution < 1.29 is 18.7 Å². The van der Waals surface area contributed by atoms with Gasteiger partial charge in [0.25, 0.3) is 0 Å². The Hall–Kier alpha value is -3.02. The molecule has 1 aromatic carbocycles. The van der Waals surface area contributed by atoms with Gasteiger partial charge in [0.15, 0.2) is 0 Å². The maximum absolute atomic E-state index is 12.3. The van der Waals surface area contributed by atoms with Crippen LogP contribution in [0.4, 0.5) is 4.79 Å². The maximum Gasteiger partial charge on any atom is 0.410 e. The van der Waals surface area contributed by atoms with Gasteiger partial charge >= 0.3 is 6.09 Å². The molecule has 4 rings (SSSR count). The first-order valence-corrected chi connectivity index (χ1v) is 10.4. The molecule has 0 spiro atoms. The van der Waals surface area contributed by atoms with Gasteiger partial charge in [0.05, 0.1) is 0 Å². The Labute approximate surface area is 176 Å². The van der Waals surface area contributed by atoms with E-state index in [0.717, 1.165) is 35.3 Å². The van der Waals surface area contributed by atoms with E-state index in [2.05, 4.69) is 0 Å². The molecule has 0 atom stereocenters. The van der Waals surface area contributed by atoms with E-state index in [-0.39, 0.29) is 6.09 Å². The fourth-order valence-corrected chi connectivity index (χ4v) is 3.68. The second kappa shape index (κ2) is 8.38. The number of piperidine rings is 1. The molecule has 1 fully saturated rings. The highest BCUT2D eigenvalue weighted by molar-refractivity contribution is 5.77. The number of carbonyl (C=O) groups is 1. The summed E-state index contributed by atoms with van der Waals surface area (Å²) in [7, 11) is 0. The molecule has 0 N–H and O–H groups in total. The average molecular weight is 408 g/mol. The summed E-state index contributed by atoms with van der Waals surface area (Å²) in [5.74, 6) is 1.66. The molecule has 0 unspecified atom stereocenters. The van der Waals surface area contributed by atoms with Gasteiger partial charge in [-0.25, -0.2) is 9.78 Å². The second-order valence-corrected chi connectivity index (χ2v) is 8.68. The number of para-hydroxylation sites is 1. The minimum Gasteiger partial charge on any atom is -0.469 e. The molecule has 3 heterocycles. The van der Waals surface area contributed by atoms with Crippen LogP contribution in [0, 0.1) is 0 Å². The van der Waals surface area contributed by atoms with E-state index in [0.29, 0.717) is 31.5 Å². The van der Waals surface area contributed by atoms with Gasteiger partial charge in [-0.05, 0) is 51.8 Å². The molecule has 30 heavy (non-hydrogen) atoms. The highest BCUT2D eigenvalue weighted by atomic mass is 16.6. The molecule has 1 saturated heterocycles. The Morgan fingerprint density at radius 3 is 2.63 bits per heavy atom. The minimum atomic E-state index is -0.471. The van der Waals surface area contributed by atoms with Crippen molar-refractivity contribution in [1.29, 1.82) is 0 Å². The smallest absolute Gasteiger partial charge is 0.410 e. The lowest BCUT2D eigenvalue weighted by Crippen LogP contribution is -2.41. The van der Waals surface area contributed by atoms with Gasteiger partial charge in [-0.3, -0.25) is 0 Å². The fraction of sp³-hybridized carbons (Fsp3) is 0.417. The van der Waals surface area contributed by atoms with E-state index in [1.54, 1.807) is 4.90 Å². The van der Waals surface area contributed by atoms with Gasteiger partial charge in [-0.2, -0.15) is 0 Å². The number of hydrogen-bond donors (Lipinski definition) is 0. The maximum atomic E-state index is 12.3. The number of pyridine rings is 1. The summed E-state index contributed by atoms with van der Waals surface area (Å²) in [4.78, 5) is 18.7. The molecule has 0 aliphatic carbocycles. The SMILES string of the molecule is CC(C)(C)OC(=O)N1CCC(c2cccc(OCc3cc4ccccc4o3)n2)CC1. The molecule has 0 radical (unpaired) electrons. The lowest BCUT2D eigenvalue weighted by Gasteiger charge is -2.33. The quantitative estimate of drug-likeness (QED) is 0.569. The van der Waals surface area contributed by atoms with Crippen molar-refractivity contribution in [2.24, 2.45) is 0 Å². The van der Waals surface area contributed by atoms with Crippen molar-refractivity contribution in [3.05, 3.63) is 60.0 Å². The van der Waals surface area contributed by atoms with Crippen molar-refractivity contribution in [2.45, 2.75) is 51.7 Å². The number of rotatable bonds is 4. The van der Waals surface area contributed by atoms with Crippen LogP contribution in [0.2, 0.25) is 0 Å². The zero-order valence-corrected chi connectivity index (χ0v) is 17.8. The summed E-state index contributed by atoms with van der Waals surface area (Å²) >= 11 is 0. The molecule has 6 heteroatoms. The standard InChI is InChI=1S/C24H28N2O4/c1-24(2,3)30-23(27)26-13-11-17(12-14-26)20-8-6-10-22(25-20)28-16-19-15-18-7-4-5-9-21(18)29-19/h4-10,15,17H,11-14,16H2,1-3H3. The molecule has 0 bridgehead atoms. The predicted octanol–water partition coefficient (Wildman–Crippen LogP) is 5.52. The third-order valence-corrected chi connectivity index (χ3v) is 5.15. The monoisotopic (exact) mass is 408 g/mol.